The lowest BCUT2D eigenvalue weighted by molar-refractivity contribution is 0.0669. The molecule has 0 spiro atoms. The van der Waals surface area contributed by atoms with Crippen LogP contribution in [0.1, 0.15) is 65.2 Å². The summed E-state index contributed by atoms with van der Waals surface area (Å²) in [6, 6.07) is 9.85. The number of carbonyl (C=O) groups excluding carboxylic acids is 1. The van der Waals surface area contributed by atoms with Gasteiger partial charge in [-0.05, 0) is 76.0 Å². The molecule has 0 saturated carbocycles. The van der Waals surface area contributed by atoms with Crippen LogP contribution in [-0.2, 0) is 12.8 Å². The highest BCUT2D eigenvalue weighted by molar-refractivity contribution is 5.99. The molecular weight excluding hydrogens is 504 g/mol. The summed E-state index contributed by atoms with van der Waals surface area (Å²) in [4.78, 5) is 31.6. The minimum atomic E-state index is -0.292. The lowest BCUT2D eigenvalue weighted by atomic mass is 9.86. The number of aromatic nitrogens is 3. The Morgan fingerprint density at radius 1 is 1.18 bits per heavy atom. The van der Waals surface area contributed by atoms with Gasteiger partial charge in [0.25, 0.3) is 5.91 Å². The topological polar surface area (TPSA) is 108 Å². The third kappa shape index (κ3) is 5.15. The summed E-state index contributed by atoms with van der Waals surface area (Å²) < 4.78 is 11.2. The summed E-state index contributed by atoms with van der Waals surface area (Å²) in [7, 11) is 2.10. The van der Waals surface area contributed by atoms with Gasteiger partial charge in [-0.15, -0.1) is 0 Å². The second kappa shape index (κ2) is 11.4. The van der Waals surface area contributed by atoms with Crippen molar-refractivity contribution in [3.8, 4) is 22.9 Å². The fraction of sp³-hybridized carbons (Fsp3) is 0.387. The number of hydrogen-bond donors (Lipinski definition) is 0. The largest absolute Gasteiger partial charge is 0.492 e. The summed E-state index contributed by atoms with van der Waals surface area (Å²) in [5.41, 5.74) is 7.93. The van der Waals surface area contributed by atoms with Crippen LogP contribution in [0.15, 0.2) is 41.3 Å². The number of rotatable bonds is 9. The minimum Gasteiger partial charge on any atom is -0.492 e. The van der Waals surface area contributed by atoms with Crippen molar-refractivity contribution in [2.45, 2.75) is 46.6 Å². The molecule has 3 aromatic heterocycles. The summed E-state index contributed by atoms with van der Waals surface area (Å²) in [6.45, 7) is 10.8. The van der Waals surface area contributed by atoms with Gasteiger partial charge in [-0.2, -0.15) is 10.2 Å². The summed E-state index contributed by atoms with van der Waals surface area (Å²) in [5.74, 6) is 0.457. The third-order valence-electron chi connectivity index (χ3n) is 7.73. The summed E-state index contributed by atoms with van der Waals surface area (Å²) in [5, 5.41) is 9.43. The Balaban J connectivity index is 1.56. The van der Waals surface area contributed by atoms with E-state index in [4.69, 9.17) is 9.15 Å². The van der Waals surface area contributed by atoms with Gasteiger partial charge >= 0.3 is 0 Å². The average molecular weight is 539 g/mol. The van der Waals surface area contributed by atoms with Gasteiger partial charge in [-0.1, -0.05) is 13.0 Å². The molecule has 0 radical (unpaired) electrons. The quantitative estimate of drug-likeness (QED) is 0.289. The number of likely N-dealkylation sites (N-methyl/N-ethyl adjacent to an activating group) is 1. The van der Waals surface area contributed by atoms with Gasteiger partial charge < -0.3 is 19.0 Å². The monoisotopic (exact) mass is 538 g/mol. The SMILES string of the molecule is CCOc1cc([C@H](C)N2CCc3c(cc(CCN(C)CC)cc3-c3cc4ocnc4nc3C)C2=O)ncc1C#N. The number of hydrogen-bond acceptors (Lipinski definition) is 8. The first-order valence-corrected chi connectivity index (χ1v) is 13.7. The van der Waals surface area contributed by atoms with E-state index in [1.54, 1.807) is 6.07 Å². The molecule has 0 unspecified atom stereocenters. The number of carbonyl (C=O) groups is 1. The maximum Gasteiger partial charge on any atom is 0.254 e. The third-order valence-corrected chi connectivity index (χ3v) is 7.73. The predicted octanol–water partition coefficient (Wildman–Crippen LogP) is 5.12. The van der Waals surface area contributed by atoms with Gasteiger partial charge in [0.15, 0.2) is 17.6 Å². The molecule has 9 nitrogen and oxygen atoms in total. The molecule has 1 aromatic carbocycles. The van der Waals surface area contributed by atoms with Gasteiger partial charge in [0, 0.05) is 42.2 Å². The van der Waals surface area contributed by atoms with E-state index in [0.29, 0.717) is 53.4 Å². The van der Waals surface area contributed by atoms with Crippen molar-refractivity contribution in [3.63, 3.8) is 0 Å². The van der Waals surface area contributed by atoms with Crippen LogP contribution in [0.25, 0.3) is 22.4 Å². The maximum absolute atomic E-state index is 14.1. The van der Waals surface area contributed by atoms with Crippen molar-refractivity contribution >= 4 is 17.1 Å². The normalized spacial score (nSPS) is 13.9. The zero-order chi connectivity index (χ0) is 28.4. The average Bonchev–Trinajstić information content (AvgIpc) is 3.42. The predicted molar refractivity (Wildman–Crippen MR) is 152 cm³/mol. The zero-order valence-corrected chi connectivity index (χ0v) is 23.7. The van der Waals surface area contributed by atoms with Crippen molar-refractivity contribution < 1.29 is 13.9 Å². The molecule has 1 aliphatic heterocycles. The summed E-state index contributed by atoms with van der Waals surface area (Å²) in [6.07, 6.45) is 4.44. The van der Waals surface area contributed by atoms with E-state index in [0.717, 1.165) is 47.5 Å². The molecule has 0 N–H and O–H groups in total. The van der Waals surface area contributed by atoms with E-state index in [2.05, 4.69) is 52.0 Å². The molecule has 5 rings (SSSR count). The number of nitrogens with zero attached hydrogens (tertiary/aromatic N) is 6. The lowest BCUT2D eigenvalue weighted by Gasteiger charge is -2.35. The number of nitriles is 1. The second-order valence-corrected chi connectivity index (χ2v) is 10.2. The first-order valence-electron chi connectivity index (χ1n) is 13.7. The molecule has 9 heteroatoms. The Morgan fingerprint density at radius 3 is 2.73 bits per heavy atom. The summed E-state index contributed by atoms with van der Waals surface area (Å²) >= 11 is 0. The fourth-order valence-electron chi connectivity index (χ4n) is 5.27. The Kier molecular flexibility index (Phi) is 7.81. The van der Waals surface area contributed by atoms with Crippen molar-refractivity contribution in [1.82, 2.24) is 24.8 Å². The van der Waals surface area contributed by atoms with Crippen LogP contribution < -0.4 is 4.74 Å². The molecule has 1 atom stereocenters. The number of benzene rings is 1. The van der Waals surface area contributed by atoms with Crippen molar-refractivity contribution in [1.29, 1.82) is 5.26 Å². The van der Waals surface area contributed by atoms with Crippen LogP contribution in [0.4, 0.5) is 0 Å². The molecule has 0 fully saturated rings. The van der Waals surface area contributed by atoms with Gasteiger partial charge in [0.2, 0.25) is 0 Å². The smallest absolute Gasteiger partial charge is 0.254 e. The van der Waals surface area contributed by atoms with E-state index >= 15 is 0 Å². The first-order chi connectivity index (χ1) is 19.3. The molecule has 1 amide bonds. The van der Waals surface area contributed by atoms with E-state index in [-0.39, 0.29) is 11.9 Å². The fourth-order valence-corrected chi connectivity index (χ4v) is 5.27. The molecule has 0 aliphatic carbocycles. The Hall–Kier alpha value is -4.29. The number of oxazole rings is 1. The van der Waals surface area contributed by atoms with Crippen LogP contribution >= 0.6 is 0 Å². The highest BCUT2D eigenvalue weighted by atomic mass is 16.5. The Bertz CT molecular complexity index is 1600. The highest BCUT2D eigenvalue weighted by Gasteiger charge is 2.32. The van der Waals surface area contributed by atoms with Crippen molar-refractivity contribution in [2.75, 3.05) is 33.3 Å². The zero-order valence-electron chi connectivity index (χ0n) is 23.7. The van der Waals surface area contributed by atoms with Crippen molar-refractivity contribution in [3.05, 3.63) is 70.5 Å². The Morgan fingerprint density at radius 2 is 1.98 bits per heavy atom. The number of aryl methyl sites for hydroxylation is 1. The first kappa shape index (κ1) is 27.3. The molecule has 0 bridgehead atoms. The lowest BCUT2D eigenvalue weighted by Crippen LogP contribution is -2.40. The number of amides is 1. The van der Waals surface area contributed by atoms with Gasteiger partial charge in [-0.3, -0.25) is 9.78 Å². The van der Waals surface area contributed by atoms with Gasteiger partial charge in [0.1, 0.15) is 17.4 Å². The van der Waals surface area contributed by atoms with Gasteiger partial charge in [0.05, 0.1) is 18.3 Å². The molecule has 4 heterocycles. The standard InChI is InChI=1S/C31H34N6O3/c1-6-36(5)10-8-21-12-25(24-14-29-30(34-18-40-29)35-19(24)3)23-9-11-37(31(38)26(23)13-21)20(4)27-15-28(39-7-2)22(16-32)17-33-27/h12-15,17-18,20H,6-11H2,1-5H3/t20-/m0/s1. The molecule has 4 aromatic rings. The van der Waals surface area contributed by atoms with E-state index < -0.39 is 0 Å². The number of pyridine rings is 2. The van der Waals surface area contributed by atoms with E-state index in [1.807, 2.05) is 31.7 Å². The van der Waals surface area contributed by atoms with Crippen LogP contribution in [0, 0.1) is 18.3 Å². The number of fused-ring (bicyclic) bond motifs is 2. The highest BCUT2D eigenvalue weighted by Crippen LogP contribution is 2.37. The van der Waals surface area contributed by atoms with Crippen molar-refractivity contribution in [2.24, 2.45) is 0 Å². The molecule has 1 aliphatic rings. The molecule has 206 valence electrons. The second-order valence-electron chi connectivity index (χ2n) is 10.2. The maximum atomic E-state index is 14.1. The molecule has 0 saturated heterocycles. The van der Waals surface area contributed by atoms with Crippen LogP contribution in [0.3, 0.4) is 0 Å². The van der Waals surface area contributed by atoms with E-state index in [9.17, 15) is 10.1 Å². The van der Waals surface area contributed by atoms with Crippen LogP contribution in [-0.4, -0.2) is 63.9 Å². The van der Waals surface area contributed by atoms with E-state index in [1.165, 1.54) is 12.6 Å². The van der Waals surface area contributed by atoms with Crippen LogP contribution in [0.2, 0.25) is 0 Å². The molecular formula is C31H34N6O3. The van der Waals surface area contributed by atoms with Gasteiger partial charge in [-0.25, -0.2) is 4.98 Å². The Labute approximate surface area is 234 Å². The number of ether oxygens (including phenoxy) is 1. The minimum absolute atomic E-state index is 0.0313. The molecule has 40 heavy (non-hydrogen) atoms. The van der Waals surface area contributed by atoms with Crippen LogP contribution in [0.5, 0.6) is 5.75 Å².